The van der Waals surface area contributed by atoms with Gasteiger partial charge in [0, 0.05) is 33.3 Å². The average molecular weight is 377 g/mol. The standard InChI is InChI=1S/C20H32N4O3/c1-13(2)6-10-27-11-8-23-20(21-3)22-7-9-24-18(25)16-14-4-5-15(12-14)17(16)19(24)26/h4-5,13-17H,6-12H2,1-3H3,(H2,21,22,23). The van der Waals surface area contributed by atoms with Crippen LogP contribution in [0.5, 0.6) is 0 Å². The molecule has 4 atom stereocenters. The maximum Gasteiger partial charge on any atom is 0.233 e. The molecule has 0 aromatic heterocycles. The maximum absolute atomic E-state index is 12.6. The van der Waals surface area contributed by atoms with E-state index in [1.165, 1.54) is 4.90 Å². The van der Waals surface area contributed by atoms with Gasteiger partial charge in [0.2, 0.25) is 11.8 Å². The van der Waals surface area contributed by atoms with Crippen molar-refractivity contribution in [3.05, 3.63) is 12.2 Å². The molecule has 1 aliphatic heterocycles. The van der Waals surface area contributed by atoms with Gasteiger partial charge >= 0.3 is 0 Å². The van der Waals surface area contributed by atoms with E-state index < -0.39 is 0 Å². The molecular formula is C20H32N4O3. The number of amides is 2. The molecule has 2 N–H and O–H groups in total. The van der Waals surface area contributed by atoms with E-state index in [4.69, 9.17) is 4.74 Å². The van der Waals surface area contributed by atoms with E-state index in [1.807, 2.05) is 0 Å². The van der Waals surface area contributed by atoms with Crippen LogP contribution in [0.15, 0.2) is 17.1 Å². The van der Waals surface area contributed by atoms with E-state index in [0.29, 0.717) is 38.1 Å². The molecule has 7 heteroatoms. The third-order valence-electron chi connectivity index (χ3n) is 5.79. The zero-order valence-corrected chi connectivity index (χ0v) is 16.6. The molecule has 2 bridgehead atoms. The van der Waals surface area contributed by atoms with E-state index in [0.717, 1.165) is 19.4 Å². The van der Waals surface area contributed by atoms with Crippen LogP contribution in [0.1, 0.15) is 26.7 Å². The zero-order valence-electron chi connectivity index (χ0n) is 16.6. The molecule has 2 fully saturated rings. The molecule has 27 heavy (non-hydrogen) atoms. The monoisotopic (exact) mass is 376 g/mol. The van der Waals surface area contributed by atoms with Crippen LogP contribution in [-0.4, -0.2) is 62.6 Å². The van der Waals surface area contributed by atoms with Gasteiger partial charge in [-0.05, 0) is 30.6 Å². The quantitative estimate of drug-likeness (QED) is 0.206. The summed E-state index contributed by atoms with van der Waals surface area (Å²) in [6.07, 6.45) is 6.26. The number of hydrogen-bond acceptors (Lipinski definition) is 4. The Morgan fingerprint density at radius 2 is 1.78 bits per heavy atom. The molecule has 7 nitrogen and oxygen atoms in total. The summed E-state index contributed by atoms with van der Waals surface area (Å²) in [5.41, 5.74) is 0. The predicted molar refractivity (Wildman–Crippen MR) is 104 cm³/mol. The fourth-order valence-corrected chi connectivity index (χ4v) is 4.35. The zero-order chi connectivity index (χ0) is 19.4. The highest BCUT2D eigenvalue weighted by atomic mass is 16.5. The summed E-state index contributed by atoms with van der Waals surface area (Å²) in [7, 11) is 1.70. The summed E-state index contributed by atoms with van der Waals surface area (Å²) in [6, 6.07) is 0. The number of fused-ring (bicyclic) bond motifs is 5. The molecule has 2 amide bonds. The highest BCUT2D eigenvalue weighted by Crippen LogP contribution is 2.52. The fraction of sp³-hybridized carbons (Fsp3) is 0.750. The van der Waals surface area contributed by atoms with E-state index in [1.54, 1.807) is 7.05 Å². The maximum atomic E-state index is 12.6. The van der Waals surface area contributed by atoms with Crippen LogP contribution in [-0.2, 0) is 14.3 Å². The Morgan fingerprint density at radius 3 is 2.37 bits per heavy atom. The van der Waals surface area contributed by atoms with Gasteiger partial charge in [0.25, 0.3) is 0 Å². The Morgan fingerprint density at radius 1 is 1.15 bits per heavy atom. The number of likely N-dealkylation sites (tertiary alicyclic amines) is 1. The number of rotatable bonds is 9. The third-order valence-corrected chi connectivity index (χ3v) is 5.79. The summed E-state index contributed by atoms with van der Waals surface area (Å²) in [5.74, 6) is 1.60. The predicted octanol–water partition coefficient (Wildman–Crippen LogP) is 1.02. The van der Waals surface area contributed by atoms with Gasteiger partial charge in [-0.1, -0.05) is 26.0 Å². The smallest absolute Gasteiger partial charge is 0.233 e. The first-order valence-corrected chi connectivity index (χ1v) is 10.1. The molecule has 0 aromatic carbocycles. The lowest BCUT2D eigenvalue weighted by Crippen LogP contribution is -2.44. The molecule has 0 spiro atoms. The molecule has 3 aliphatic rings. The minimum atomic E-state index is -0.118. The highest BCUT2D eigenvalue weighted by Gasteiger charge is 2.58. The first-order valence-electron chi connectivity index (χ1n) is 10.1. The van der Waals surface area contributed by atoms with Gasteiger partial charge in [-0.2, -0.15) is 0 Å². The van der Waals surface area contributed by atoms with Gasteiger partial charge in [0.15, 0.2) is 5.96 Å². The number of imide groups is 1. The highest BCUT2D eigenvalue weighted by molar-refractivity contribution is 6.06. The van der Waals surface area contributed by atoms with E-state index in [2.05, 4.69) is 41.6 Å². The lowest BCUT2D eigenvalue weighted by Gasteiger charge is -2.18. The van der Waals surface area contributed by atoms with Gasteiger partial charge in [-0.3, -0.25) is 19.5 Å². The van der Waals surface area contributed by atoms with Crippen LogP contribution in [0.25, 0.3) is 0 Å². The molecule has 0 radical (unpaired) electrons. The van der Waals surface area contributed by atoms with Gasteiger partial charge < -0.3 is 15.4 Å². The van der Waals surface area contributed by atoms with Crippen LogP contribution >= 0.6 is 0 Å². The van der Waals surface area contributed by atoms with Crippen LogP contribution in [0.3, 0.4) is 0 Å². The second-order valence-corrected chi connectivity index (χ2v) is 8.05. The SMILES string of the molecule is CN=C(NCCOCCC(C)C)NCCN1C(=O)C2C3C=CC(C3)C2C1=O. The van der Waals surface area contributed by atoms with Crippen molar-refractivity contribution < 1.29 is 14.3 Å². The van der Waals surface area contributed by atoms with Gasteiger partial charge in [0.1, 0.15) is 0 Å². The van der Waals surface area contributed by atoms with E-state index in [-0.39, 0.29) is 35.5 Å². The molecule has 2 aliphatic carbocycles. The minimum absolute atomic E-state index is 0.00477. The Kier molecular flexibility index (Phi) is 6.52. The van der Waals surface area contributed by atoms with E-state index in [9.17, 15) is 9.59 Å². The second-order valence-electron chi connectivity index (χ2n) is 8.05. The molecule has 1 saturated carbocycles. The second kappa shape index (κ2) is 8.87. The Bertz CT molecular complexity index is 586. The topological polar surface area (TPSA) is 83.0 Å². The Balaban J connectivity index is 1.35. The van der Waals surface area contributed by atoms with Gasteiger partial charge in [-0.25, -0.2) is 0 Å². The van der Waals surface area contributed by atoms with Crippen LogP contribution in [0.2, 0.25) is 0 Å². The van der Waals surface area contributed by atoms with Crippen molar-refractivity contribution in [2.45, 2.75) is 26.7 Å². The Labute approximate surface area is 161 Å². The van der Waals surface area contributed by atoms with Crippen molar-refractivity contribution in [1.29, 1.82) is 0 Å². The average Bonchev–Trinajstić information content (AvgIpc) is 3.32. The summed E-state index contributed by atoms with van der Waals surface area (Å²) in [5, 5.41) is 6.36. The normalized spacial score (nSPS) is 29.2. The first-order chi connectivity index (χ1) is 13.0. The molecule has 150 valence electrons. The summed E-state index contributed by atoms with van der Waals surface area (Å²) in [4.78, 5) is 30.9. The number of nitrogens with one attached hydrogen (secondary N) is 2. The molecule has 3 rings (SSSR count). The number of guanidine groups is 1. The van der Waals surface area contributed by atoms with Crippen molar-refractivity contribution in [3.63, 3.8) is 0 Å². The first kappa shape index (κ1) is 19.9. The minimum Gasteiger partial charge on any atom is -0.380 e. The number of carbonyl (C=O) groups excluding carboxylic acids is 2. The van der Waals surface area contributed by atoms with Gasteiger partial charge in [-0.15, -0.1) is 0 Å². The van der Waals surface area contributed by atoms with Crippen LogP contribution in [0.4, 0.5) is 0 Å². The Hall–Kier alpha value is -1.89. The van der Waals surface area contributed by atoms with Crippen molar-refractivity contribution >= 4 is 17.8 Å². The van der Waals surface area contributed by atoms with Crippen molar-refractivity contribution in [3.8, 4) is 0 Å². The number of ether oxygens (including phenoxy) is 1. The number of aliphatic imine (C=N–C) groups is 1. The third kappa shape index (κ3) is 4.34. The van der Waals surface area contributed by atoms with Gasteiger partial charge in [0.05, 0.1) is 18.4 Å². The lowest BCUT2D eigenvalue weighted by atomic mass is 9.85. The number of carbonyl (C=O) groups is 2. The van der Waals surface area contributed by atoms with Crippen LogP contribution in [0, 0.1) is 29.6 Å². The molecular weight excluding hydrogens is 344 g/mol. The lowest BCUT2D eigenvalue weighted by molar-refractivity contribution is -0.140. The largest absolute Gasteiger partial charge is 0.380 e. The van der Waals surface area contributed by atoms with Crippen molar-refractivity contribution in [1.82, 2.24) is 15.5 Å². The summed E-state index contributed by atoms with van der Waals surface area (Å²) >= 11 is 0. The molecule has 0 aromatic rings. The van der Waals surface area contributed by atoms with Crippen LogP contribution < -0.4 is 10.6 Å². The summed E-state index contributed by atoms with van der Waals surface area (Å²) < 4.78 is 5.57. The number of hydrogen-bond donors (Lipinski definition) is 2. The van der Waals surface area contributed by atoms with E-state index >= 15 is 0 Å². The van der Waals surface area contributed by atoms with Crippen molar-refractivity contribution in [2.75, 3.05) is 39.9 Å². The summed E-state index contributed by atoms with van der Waals surface area (Å²) in [6.45, 7) is 7.29. The van der Waals surface area contributed by atoms with Crippen molar-refractivity contribution in [2.24, 2.45) is 34.6 Å². The number of nitrogens with zero attached hydrogens (tertiary/aromatic N) is 2. The number of allylic oxidation sites excluding steroid dienone is 2. The molecule has 4 unspecified atom stereocenters. The molecule has 1 heterocycles. The fourth-order valence-electron chi connectivity index (χ4n) is 4.35. The molecule has 1 saturated heterocycles.